The lowest BCUT2D eigenvalue weighted by atomic mass is 10.1. The number of nitrogens with two attached hydrogens (primary N) is 1. The molecule has 92 valence electrons. The predicted molar refractivity (Wildman–Crippen MR) is 62.4 cm³/mol. The monoisotopic (exact) mass is 238 g/mol. The van der Waals surface area contributed by atoms with Crippen molar-refractivity contribution in [3.8, 4) is 0 Å². The van der Waals surface area contributed by atoms with Crippen LogP contribution in [0.4, 0.5) is 10.1 Å². The van der Waals surface area contributed by atoms with E-state index < -0.39 is 11.7 Å². The number of nitrogens with one attached hydrogen (secondary N) is 1. The highest BCUT2D eigenvalue weighted by Gasteiger charge is 2.16. The van der Waals surface area contributed by atoms with E-state index in [0.717, 1.165) is 19.4 Å². The van der Waals surface area contributed by atoms with Gasteiger partial charge in [0.1, 0.15) is 5.82 Å². The maximum absolute atomic E-state index is 13.5. The third-order valence-corrected chi connectivity index (χ3v) is 2.80. The fraction of sp³-hybridized carbons (Fsp3) is 0.417. The minimum absolute atomic E-state index is 0.117. The highest BCUT2D eigenvalue weighted by molar-refractivity contribution is 5.93. The highest BCUT2D eigenvalue weighted by Crippen LogP contribution is 2.18. The summed E-state index contributed by atoms with van der Waals surface area (Å²) in [7, 11) is 0. The number of anilines is 1. The van der Waals surface area contributed by atoms with Crippen LogP contribution in [-0.4, -0.2) is 25.2 Å². The second-order valence-corrected chi connectivity index (χ2v) is 4.07. The molecule has 17 heavy (non-hydrogen) atoms. The van der Waals surface area contributed by atoms with Crippen molar-refractivity contribution >= 4 is 11.6 Å². The lowest BCUT2D eigenvalue weighted by Gasteiger charge is -2.13. The normalized spacial score (nSPS) is 19.2. The minimum Gasteiger partial charge on any atom is -0.380 e. The van der Waals surface area contributed by atoms with Crippen LogP contribution in [0.3, 0.4) is 0 Å². The summed E-state index contributed by atoms with van der Waals surface area (Å²) in [5.41, 5.74) is 5.72. The summed E-state index contributed by atoms with van der Waals surface area (Å²) in [5.74, 6) is -0.960. The van der Waals surface area contributed by atoms with Crippen molar-refractivity contribution in [1.29, 1.82) is 0 Å². The maximum atomic E-state index is 13.5. The lowest BCUT2D eigenvalue weighted by Crippen LogP contribution is -2.19. The van der Waals surface area contributed by atoms with Crippen LogP contribution in [-0.2, 0) is 4.74 Å². The molecule has 5 heteroatoms. The Morgan fingerprint density at radius 2 is 2.41 bits per heavy atom. The van der Waals surface area contributed by atoms with E-state index in [1.807, 2.05) is 0 Å². The molecule has 0 aromatic heterocycles. The molecule has 1 aliphatic rings. The Labute approximate surface area is 98.9 Å². The Hall–Kier alpha value is -1.62. The largest absolute Gasteiger partial charge is 0.380 e. The second-order valence-electron chi connectivity index (χ2n) is 4.07. The van der Waals surface area contributed by atoms with Gasteiger partial charge in [0.2, 0.25) is 5.91 Å². The molecular weight excluding hydrogens is 223 g/mol. The van der Waals surface area contributed by atoms with Gasteiger partial charge in [-0.05, 0) is 31.0 Å². The molecule has 1 unspecified atom stereocenters. The fourth-order valence-electron chi connectivity index (χ4n) is 1.84. The topological polar surface area (TPSA) is 64.4 Å². The number of benzene rings is 1. The fourth-order valence-corrected chi connectivity index (χ4v) is 1.84. The molecule has 0 radical (unpaired) electrons. The summed E-state index contributed by atoms with van der Waals surface area (Å²) >= 11 is 0. The van der Waals surface area contributed by atoms with Crippen molar-refractivity contribution in [2.75, 3.05) is 18.5 Å². The third kappa shape index (κ3) is 2.94. The molecule has 1 fully saturated rings. The van der Waals surface area contributed by atoms with Crippen LogP contribution in [0, 0.1) is 5.82 Å². The average Bonchev–Trinajstić information content (AvgIpc) is 2.80. The van der Waals surface area contributed by atoms with Crippen molar-refractivity contribution in [2.45, 2.75) is 18.9 Å². The summed E-state index contributed by atoms with van der Waals surface area (Å²) in [6, 6.07) is 4.03. The first-order valence-electron chi connectivity index (χ1n) is 5.61. The Morgan fingerprint density at radius 1 is 1.59 bits per heavy atom. The average molecular weight is 238 g/mol. The third-order valence-electron chi connectivity index (χ3n) is 2.80. The molecule has 0 spiro atoms. The quantitative estimate of drug-likeness (QED) is 0.835. The van der Waals surface area contributed by atoms with E-state index >= 15 is 0 Å². The van der Waals surface area contributed by atoms with E-state index in [9.17, 15) is 9.18 Å². The van der Waals surface area contributed by atoms with E-state index in [0.29, 0.717) is 12.1 Å². The summed E-state index contributed by atoms with van der Waals surface area (Å²) in [5, 5.41) is 2.94. The van der Waals surface area contributed by atoms with Gasteiger partial charge in [0.15, 0.2) is 0 Å². The number of carbonyl (C=O) groups excluding carboxylic acids is 1. The van der Waals surface area contributed by atoms with E-state index in [2.05, 4.69) is 5.32 Å². The summed E-state index contributed by atoms with van der Waals surface area (Å²) in [6.45, 7) is 1.30. The van der Waals surface area contributed by atoms with Crippen molar-refractivity contribution in [1.82, 2.24) is 0 Å². The Kier molecular flexibility index (Phi) is 3.58. The number of halogens is 1. The zero-order valence-corrected chi connectivity index (χ0v) is 9.41. The Balaban J connectivity index is 2.03. The van der Waals surface area contributed by atoms with Gasteiger partial charge in [0.05, 0.1) is 11.8 Å². The number of hydrogen-bond acceptors (Lipinski definition) is 3. The van der Waals surface area contributed by atoms with Gasteiger partial charge in [0, 0.05) is 18.7 Å². The maximum Gasteiger partial charge on any atom is 0.248 e. The van der Waals surface area contributed by atoms with Crippen LogP contribution >= 0.6 is 0 Å². The minimum atomic E-state index is -0.565. The molecule has 0 aliphatic carbocycles. The van der Waals surface area contributed by atoms with Gasteiger partial charge in [-0.2, -0.15) is 0 Å². The van der Waals surface area contributed by atoms with Crippen LogP contribution in [0.15, 0.2) is 18.2 Å². The standard InChI is InChI=1S/C12H15FN2O2/c13-10-4-3-8(12(14)16)6-11(10)15-7-9-2-1-5-17-9/h3-4,6,9,15H,1-2,5,7H2,(H2,14,16). The van der Waals surface area contributed by atoms with E-state index in [1.54, 1.807) is 0 Å². The van der Waals surface area contributed by atoms with Gasteiger partial charge in [-0.1, -0.05) is 0 Å². The van der Waals surface area contributed by atoms with Crippen LogP contribution < -0.4 is 11.1 Å². The first-order chi connectivity index (χ1) is 8.16. The molecule has 1 aromatic rings. The SMILES string of the molecule is NC(=O)c1ccc(F)c(NCC2CCCO2)c1. The van der Waals surface area contributed by atoms with Gasteiger partial charge in [-0.25, -0.2) is 4.39 Å². The molecule has 1 atom stereocenters. The summed E-state index contributed by atoms with van der Waals surface area (Å²) < 4.78 is 18.9. The van der Waals surface area contributed by atoms with Crippen LogP contribution in [0.5, 0.6) is 0 Å². The summed E-state index contributed by atoms with van der Waals surface area (Å²) in [6.07, 6.45) is 2.13. The van der Waals surface area contributed by atoms with Crippen LogP contribution in [0.2, 0.25) is 0 Å². The zero-order chi connectivity index (χ0) is 12.3. The van der Waals surface area contributed by atoms with Crippen LogP contribution in [0.1, 0.15) is 23.2 Å². The molecule has 1 aliphatic heterocycles. The van der Waals surface area contributed by atoms with E-state index in [-0.39, 0.29) is 11.8 Å². The van der Waals surface area contributed by atoms with Crippen molar-refractivity contribution in [3.63, 3.8) is 0 Å². The van der Waals surface area contributed by atoms with Gasteiger partial charge >= 0.3 is 0 Å². The number of rotatable bonds is 4. The smallest absolute Gasteiger partial charge is 0.248 e. The van der Waals surface area contributed by atoms with Crippen molar-refractivity contribution < 1.29 is 13.9 Å². The van der Waals surface area contributed by atoms with Gasteiger partial charge in [-0.3, -0.25) is 4.79 Å². The molecule has 1 saturated heterocycles. The Bertz CT molecular complexity index is 417. The number of ether oxygens (including phenoxy) is 1. The summed E-state index contributed by atoms with van der Waals surface area (Å²) in [4.78, 5) is 11.0. The van der Waals surface area contributed by atoms with Gasteiger partial charge < -0.3 is 15.8 Å². The molecular formula is C12H15FN2O2. The lowest BCUT2D eigenvalue weighted by molar-refractivity contribution is 0.100. The Morgan fingerprint density at radius 3 is 3.06 bits per heavy atom. The molecule has 1 aromatic carbocycles. The zero-order valence-electron chi connectivity index (χ0n) is 9.41. The predicted octanol–water partition coefficient (Wildman–Crippen LogP) is 1.52. The van der Waals surface area contributed by atoms with Crippen molar-refractivity contribution in [3.05, 3.63) is 29.6 Å². The van der Waals surface area contributed by atoms with E-state index in [4.69, 9.17) is 10.5 Å². The molecule has 1 amide bonds. The van der Waals surface area contributed by atoms with Crippen LogP contribution in [0.25, 0.3) is 0 Å². The van der Waals surface area contributed by atoms with Crippen molar-refractivity contribution in [2.24, 2.45) is 5.73 Å². The molecule has 3 N–H and O–H groups in total. The van der Waals surface area contributed by atoms with Gasteiger partial charge in [0.25, 0.3) is 0 Å². The first kappa shape index (κ1) is 11.9. The second kappa shape index (κ2) is 5.14. The molecule has 0 bridgehead atoms. The molecule has 2 rings (SSSR count). The number of amides is 1. The molecule has 0 saturated carbocycles. The first-order valence-corrected chi connectivity index (χ1v) is 5.61. The number of carbonyl (C=O) groups is 1. The van der Waals surface area contributed by atoms with Gasteiger partial charge in [-0.15, -0.1) is 0 Å². The molecule has 1 heterocycles. The number of hydrogen-bond donors (Lipinski definition) is 2. The highest BCUT2D eigenvalue weighted by atomic mass is 19.1. The number of primary amides is 1. The molecule has 4 nitrogen and oxygen atoms in total. The van der Waals surface area contributed by atoms with E-state index in [1.165, 1.54) is 18.2 Å².